The van der Waals surface area contributed by atoms with Gasteiger partial charge in [-0.3, -0.25) is 37.3 Å². The normalized spacial score (nSPS) is 14.4. The minimum Gasteiger partial charge on any atom is -0.462 e. The Labute approximate surface area is 562 Å². The summed E-state index contributed by atoms with van der Waals surface area (Å²) < 4.78 is 68.4. The maximum Gasteiger partial charge on any atom is 0.472 e. The molecule has 0 spiro atoms. The van der Waals surface area contributed by atoms with E-state index in [9.17, 15) is 43.2 Å². The van der Waals surface area contributed by atoms with Crippen LogP contribution in [0, 0.1) is 11.8 Å². The monoisotopic (exact) mass is 1350 g/mol. The minimum absolute atomic E-state index is 0.103. The van der Waals surface area contributed by atoms with Gasteiger partial charge in [0.05, 0.1) is 26.4 Å². The molecule has 0 aliphatic heterocycles. The fourth-order valence-electron chi connectivity index (χ4n) is 11.1. The molecule has 3 N–H and O–H groups in total. The summed E-state index contributed by atoms with van der Waals surface area (Å²) in [6.07, 6.45) is 51.3. The zero-order valence-electron chi connectivity index (χ0n) is 59.9. The van der Waals surface area contributed by atoms with Gasteiger partial charge in [-0.05, 0) is 37.5 Å². The molecule has 6 atom stereocenters. The van der Waals surface area contributed by atoms with Gasteiger partial charge in [0.25, 0.3) is 0 Å². The highest BCUT2D eigenvalue weighted by Gasteiger charge is 2.30. The average molecular weight is 1350 g/mol. The first-order valence-corrected chi connectivity index (χ1v) is 41.0. The molecule has 0 saturated heterocycles. The first kappa shape index (κ1) is 90.1. The molecule has 0 bridgehead atoms. The fraction of sp³-hybridized carbons (Fsp3) is 0.945. The van der Waals surface area contributed by atoms with Crippen molar-refractivity contribution >= 4 is 39.5 Å². The molecular weight excluding hydrogens is 1210 g/mol. The molecular formula is C73H142O17P2. The minimum atomic E-state index is -4.95. The van der Waals surface area contributed by atoms with Crippen molar-refractivity contribution in [3.8, 4) is 0 Å². The molecule has 0 heterocycles. The number of phosphoric acid groups is 2. The summed E-state index contributed by atoms with van der Waals surface area (Å²) >= 11 is 0. The lowest BCUT2D eigenvalue weighted by Crippen LogP contribution is -2.30. The summed E-state index contributed by atoms with van der Waals surface area (Å²) in [6.45, 7) is 9.54. The highest BCUT2D eigenvalue weighted by atomic mass is 31.2. The Morgan fingerprint density at radius 1 is 0.315 bits per heavy atom. The molecule has 0 saturated carbocycles. The van der Waals surface area contributed by atoms with Crippen LogP contribution in [0.3, 0.4) is 0 Å². The second-order valence-corrected chi connectivity index (χ2v) is 30.0. The molecule has 546 valence electrons. The Balaban J connectivity index is 5.23. The van der Waals surface area contributed by atoms with E-state index >= 15 is 0 Å². The van der Waals surface area contributed by atoms with E-state index in [1.54, 1.807) is 0 Å². The predicted molar refractivity (Wildman–Crippen MR) is 372 cm³/mol. The quantitative estimate of drug-likeness (QED) is 0.0222. The zero-order valence-corrected chi connectivity index (χ0v) is 61.6. The van der Waals surface area contributed by atoms with Crippen LogP contribution in [0.5, 0.6) is 0 Å². The molecule has 0 aromatic heterocycles. The number of aliphatic hydroxyl groups is 1. The second kappa shape index (κ2) is 65.0. The molecule has 3 unspecified atom stereocenters. The maximum atomic E-state index is 13.1. The van der Waals surface area contributed by atoms with Crippen molar-refractivity contribution in [3.05, 3.63) is 0 Å². The number of aliphatic hydroxyl groups excluding tert-OH is 1. The highest BCUT2D eigenvalue weighted by molar-refractivity contribution is 7.47. The van der Waals surface area contributed by atoms with E-state index in [0.717, 1.165) is 102 Å². The second-order valence-electron chi connectivity index (χ2n) is 27.1. The van der Waals surface area contributed by atoms with Gasteiger partial charge in [0.1, 0.15) is 19.3 Å². The molecule has 0 rings (SSSR count). The van der Waals surface area contributed by atoms with Gasteiger partial charge < -0.3 is 33.8 Å². The topological polar surface area (TPSA) is 237 Å². The van der Waals surface area contributed by atoms with Crippen molar-refractivity contribution in [3.63, 3.8) is 0 Å². The molecule has 0 aliphatic rings. The summed E-state index contributed by atoms with van der Waals surface area (Å²) in [5.74, 6) is -0.606. The van der Waals surface area contributed by atoms with Crippen molar-refractivity contribution in [1.29, 1.82) is 0 Å². The third kappa shape index (κ3) is 65.4. The van der Waals surface area contributed by atoms with E-state index in [-0.39, 0.29) is 25.7 Å². The van der Waals surface area contributed by atoms with Crippen LogP contribution in [0.1, 0.15) is 375 Å². The Hall–Kier alpha value is -1.94. The largest absolute Gasteiger partial charge is 0.472 e. The number of hydrogen-bond donors (Lipinski definition) is 3. The fourth-order valence-corrected chi connectivity index (χ4v) is 12.7. The van der Waals surface area contributed by atoms with Crippen LogP contribution in [0.2, 0.25) is 0 Å². The maximum absolute atomic E-state index is 13.1. The molecule has 0 aromatic rings. The molecule has 0 fully saturated rings. The molecule has 0 aromatic carbocycles. The van der Waals surface area contributed by atoms with Gasteiger partial charge in [0, 0.05) is 25.7 Å². The Morgan fingerprint density at radius 2 is 0.554 bits per heavy atom. The molecule has 0 radical (unpaired) electrons. The van der Waals surface area contributed by atoms with Gasteiger partial charge in [0.15, 0.2) is 12.2 Å². The smallest absolute Gasteiger partial charge is 0.462 e. The van der Waals surface area contributed by atoms with Crippen LogP contribution in [0.15, 0.2) is 0 Å². The van der Waals surface area contributed by atoms with Gasteiger partial charge in [-0.2, -0.15) is 0 Å². The van der Waals surface area contributed by atoms with E-state index < -0.39 is 97.5 Å². The molecule has 0 amide bonds. The summed E-state index contributed by atoms with van der Waals surface area (Å²) in [5.41, 5.74) is 0. The van der Waals surface area contributed by atoms with Gasteiger partial charge in [-0.15, -0.1) is 0 Å². The van der Waals surface area contributed by atoms with Crippen molar-refractivity contribution in [2.75, 3.05) is 39.6 Å². The first-order chi connectivity index (χ1) is 44.4. The lowest BCUT2D eigenvalue weighted by Gasteiger charge is -2.21. The molecule has 0 aliphatic carbocycles. The number of carbonyl (C=O) groups is 4. The highest BCUT2D eigenvalue weighted by Crippen LogP contribution is 2.45. The van der Waals surface area contributed by atoms with Crippen molar-refractivity contribution < 1.29 is 80.2 Å². The van der Waals surface area contributed by atoms with E-state index in [0.29, 0.717) is 25.7 Å². The number of hydrogen-bond acceptors (Lipinski definition) is 15. The lowest BCUT2D eigenvalue weighted by atomic mass is 10.00. The van der Waals surface area contributed by atoms with Crippen LogP contribution in [0.4, 0.5) is 0 Å². The van der Waals surface area contributed by atoms with E-state index in [4.69, 9.17) is 37.0 Å². The molecule has 17 nitrogen and oxygen atoms in total. The number of rotatable bonds is 72. The number of esters is 4. The third-order valence-corrected chi connectivity index (χ3v) is 19.2. The SMILES string of the molecule is CCCCCCCCCCCCCCCCCC(=O)OC[C@H](COP(=O)(O)OC[C@@H](O)COP(=O)(O)OC[C@@H](COC(=O)CCCCCCCCCCCC)OC(=O)CCCCCCCCC(C)CC)OC(=O)CCCCCCCCCCCCCCCCC(C)C. The van der Waals surface area contributed by atoms with Crippen LogP contribution in [-0.2, 0) is 65.4 Å². The van der Waals surface area contributed by atoms with Crippen LogP contribution < -0.4 is 0 Å². The summed E-state index contributed by atoms with van der Waals surface area (Å²) in [4.78, 5) is 72.6. The molecule has 92 heavy (non-hydrogen) atoms. The number of ether oxygens (including phenoxy) is 4. The number of phosphoric ester groups is 2. The predicted octanol–water partition coefficient (Wildman–Crippen LogP) is 21.2. The van der Waals surface area contributed by atoms with Gasteiger partial charge in [-0.25, -0.2) is 9.13 Å². The van der Waals surface area contributed by atoms with Crippen LogP contribution >= 0.6 is 15.6 Å². The number of carbonyl (C=O) groups excluding carboxylic acids is 4. The van der Waals surface area contributed by atoms with Crippen LogP contribution in [0.25, 0.3) is 0 Å². The average Bonchev–Trinajstić information content (AvgIpc) is 1.52. The van der Waals surface area contributed by atoms with Gasteiger partial charge in [-0.1, -0.05) is 324 Å². The van der Waals surface area contributed by atoms with Gasteiger partial charge >= 0.3 is 39.5 Å². The first-order valence-electron chi connectivity index (χ1n) is 38.0. The van der Waals surface area contributed by atoms with E-state index in [1.807, 2.05) is 0 Å². The number of unbranched alkanes of at least 4 members (excludes halogenated alkanes) is 41. The summed E-state index contributed by atoms with van der Waals surface area (Å²) in [5, 5.41) is 10.6. The standard InChI is InChI=1S/C73H142O17P2/c1-7-10-12-14-16-18-20-21-22-26-29-33-37-44-50-56-71(76)83-61-68(89-72(77)57-51-45-38-34-30-27-24-23-25-28-31-35-41-47-53-65(4)5)63-87-91(79,80)85-59-67(74)60-86-92(81,82)88-64-69(90-73(78)58-52-46-40-39-42-48-54-66(6)9-3)62-84-70(75)55-49-43-36-32-19-17-15-13-11-8-2/h65-69,74H,7-64H2,1-6H3,(H,79,80)(H,81,82)/t66?,67-,68-,69-/m1/s1. The summed E-state index contributed by atoms with van der Waals surface area (Å²) in [6, 6.07) is 0. The van der Waals surface area contributed by atoms with Crippen LogP contribution in [-0.4, -0.2) is 96.7 Å². The molecule has 19 heteroatoms. The Kier molecular flexibility index (Phi) is 63.7. The van der Waals surface area contributed by atoms with E-state index in [2.05, 4.69) is 41.5 Å². The van der Waals surface area contributed by atoms with Crippen molar-refractivity contribution in [1.82, 2.24) is 0 Å². The van der Waals surface area contributed by atoms with Crippen molar-refractivity contribution in [2.45, 2.75) is 394 Å². The Morgan fingerprint density at radius 3 is 0.826 bits per heavy atom. The zero-order chi connectivity index (χ0) is 67.9. The lowest BCUT2D eigenvalue weighted by molar-refractivity contribution is -0.161. The van der Waals surface area contributed by atoms with Gasteiger partial charge in [0.2, 0.25) is 0 Å². The summed E-state index contributed by atoms with van der Waals surface area (Å²) in [7, 11) is -9.90. The Bertz CT molecular complexity index is 1790. The van der Waals surface area contributed by atoms with E-state index in [1.165, 1.54) is 193 Å². The third-order valence-electron chi connectivity index (χ3n) is 17.3. The van der Waals surface area contributed by atoms with Crippen molar-refractivity contribution in [2.24, 2.45) is 11.8 Å².